The lowest BCUT2D eigenvalue weighted by molar-refractivity contribution is -0.141. The Morgan fingerprint density at radius 1 is 0.950 bits per heavy atom. The number of aliphatic hydroxyl groups excluding tert-OH is 1. The number of anilines is 1. The van der Waals surface area contributed by atoms with Gasteiger partial charge in [0.2, 0.25) is 5.91 Å². The molecule has 1 atom stereocenters. The summed E-state index contributed by atoms with van der Waals surface area (Å²) < 4.78 is 40.7. The number of alkyl halides is 3. The van der Waals surface area contributed by atoms with Gasteiger partial charge in [0, 0.05) is 62.9 Å². The summed E-state index contributed by atoms with van der Waals surface area (Å²) in [4.78, 5) is 38.5. The monoisotopic (exact) mass is 559 g/mol. The molecule has 2 aromatic rings. The van der Waals surface area contributed by atoms with Crippen LogP contribution < -0.4 is 4.90 Å². The Hall–Kier alpha value is -3.08. The number of carbonyl (C=O) groups is 2. The number of aromatic nitrogens is 1. The third-order valence-electron chi connectivity index (χ3n) is 9.38. The number of hydrogen-bond acceptors (Lipinski definition) is 5. The van der Waals surface area contributed by atoms with Crippen molar-refractivity contribution < 1.29 is 27.9 Å². The molecule has 1 aromatic heterocycles. The fourth-order valence-corrected chi connectivity index (χ4v) is 7.14. The first-order valence-electron chi connectivity index (χ1n) is 14.4. The van der Waals surface area contributed by atoms with E-state index in [4.69, 9.17) is 0 Å². The second-order valence-electron chi connectivity index (χ2n) is 11.8. The van der Waals surface area contributed by atoms with Crippen LogP contribution in [0.2, 0.25) is 0 Å². The van der Waals surface area contributed by atoms with Crippen LogP contribution >= 0.6 is 0 Å². The van der Waals surface area contributed by atoms with E-state index in [-0.39, 0.29) is 24.1 Å². The summed E-state index contributed by atoms with van der Waals surface area (Å²) in [6.45, 7) is 3.34. The molecule has 6 rings (SSSR count). The Balaban J connectivity index is 1.12. The Labute approximate surface area is 231 Å². The minimum Gasteiger partial charge on any atom is -0.393 e. The molecule has 4 aliphatic rings. The zero-order chi connectivity index (χ0) is 28.1. The van der Waals surface area contributed by atoms with E-state index in [9.17, 15) is 27.9 Å². The van der Waals surface area contributed by atoms with Crippen molar-refractivity contribution in [2.24, 2.45) is 5.41 Å². The number of rotatable bonds is 2. The molecule has 40 heavy (non-hydrogen) atoms. The van der Waals surface area contributed by atoms with Crippen molar-refractivity contribution in [3.63, 3.8) is 0 Å². The first kappa shape index (κ1) is 27.1. The van der Waals surface area contributed by atoms with E-state index in [1.165, 1.54) is 0 Å². The minimum atomic E-state index is -4.55. The summed E-state index contributed by atoms with van der Waals surface area (Å²) in [7, 11) is 0. The zero-order valence-electron chi connectivity index (χ0n) is 22.6. The molecule has 0 radical (unpaired) electrons. The number of likely N-dealkylation sites (tertiary alicyclic amines) is 2. The predicted octanol–water partition coefficient (Wildman–Crippen LogP) is 4.11. The second kappa shape index (κ2) is 10.4. The van der Waals surface area contributed by atoms with Crippen LogP contribution in [0.15, 0.2) is 30.3 Å². The normalized spacial score (nSPS) is 28.1. The zero-order valence-corrected chi connectivity index (χ0v) is 22.6. The molecule has 1 aliphatic carbocycles. The van der Waals surface area contributed by atoms with E-state index >= 15 is 0 Å². The van der Waals surface area contributed by atoms with Crippen molar-refractivity contribution in [2.75, 3.05) is 50.7 Å². The smallest absolute Gasteiger partial charge is 0.393 e. The lowest BCUT2D eigenvalue weighted by atomic mass is 9.78. The maximum atomic E-state index is 13.6. The van der Waals surface area contributed by atoms with E-state index in [0.29, 0.717) is 62.4 Å². The number of hydrogen-bond donors (Lipinski definition) is 1. The predicted molar refractivity (Wildman–Crippen MR) is 144 cm³/mol. The molecule has 11 heteroatoms. The SMILES string of the molecule is O=C(N1CCN(c2cc(C(F)(F)F)nc3ccccc23)CC1)N1CCCC2(CCN([C@H]3CC[C@H](O)CC3)C2=O)C1. The standard InChI is InChI=1S/C29H36F3N5O3/c30-29(31,32)25-18-24(22-4-1-2-5-23(22)33-25)34-14-16-35(17-15-34)27(40)36-12-3-10-28(19-36)11-13-37(26(28)39)20-6-8-21(38)9-7-20/h1-2,4-5,18,20-21,38H,3,6-17,19H2/t20-,21-,28?. The van der Waals surface area contributed by atoms with E-state index in [1.54, 1.807) is 29.2 Å². The molecular weight excluding hydrogens is 523 g/mol. The molecule has 216 valence electrons. The second-order valence-corrected chi connectivity index (χ2v) is 11.8. The molecule has 8 nitrogen and oxygen atoms in total. The summed E-state index contributed by atoms with van der Waals surface area (Å²) in [5, 5.41) is 10.5. The summed E-state index contributed by atoms with van der Waals surface area (Å²) >= 11 is 0. The first-order chi connectivity index (χ1) is 19.1. The van der Waals surface area contributed by atoms with Gasteiger partial charge in [-0.1, -0.05) is 18.2 Å². The molecule has 3 saturated heterocycles. The Bertz CT molecular complexity index is 1270. The molecule has 1 saturated carbocycles. The number of urea groups is 1. The van der Waals surface area contributed by atoms with Crippen LogP contribution in [-0.2, 0) is 11.0 Å². The molecule has 1 aromatic carbocycles. The van der Waals surface area contributed by atoms with Gasteiger partial charge in [0.1, 0.15) is 5.69 Å². The van der Waals surface area contributed by atoms with Gasteiger partial charge in [-0.3, -0.25) is 4.79 Å². The number of piperazine rings is 1. The van der Waals surface area contributed by atoms with Gasteiger partial charge < -0.3 is 24.7 Å². The molecule has 1 N–H and O–H groups in total. The molecular formula is C29H36F3N5O3. The van der Waals surface area contributed by atoms with Gasteiger partial charge in [-0.2, -0.15) is 13.2 Å². The van der Waals surface area contributed by atoms with Crippen molar-refractivity contribution in [3.8, 4) is 0 Å². The largest absolute Gasteiger partial charge is 0.433 e. The van der Waals surface area contributed by atoms with E-state index in [0.717, 1.165) is 51.0 Å². The van der Waals surface area contributed by atoms with Gasteiger partial charge in [0.15, 0.2) is 0 Å². The van der Waals surface area contributed by atoms with E-state index < -0.39 is 17.3 Å². The van der Waals surface area contributed by atoms with Crippen molar-refractivity contribution in [1.29, 1.82) is 0 Å². The number of benzene rings is 1. The van der Waals surface area contributed by atoms with Crippen molar-refractivity contribution >= 4 is 28.5 Å². The highest BCUT2D eigenvalue weighted by molar-refractivity contribution is 5.92. The quantitative estimate of drug-likeness (QED) is 0.599. The molecule has 3 aliphatic heterocycles. The summed E-state index contributed by atoms with van der Waals surface area (Å²) in [6, 6.07) is 8.02. The van der Waals surface area contributed by atoms with Crippen molar-refractivity contribution in [3.05, 3.63) is 36.0 Å². The maximum absolute atomic E-state index is 13.6. The highest BCUT2D eigenvalue weighted by atomic mass is 19.4. The number of nitrogens with zero attached hydrogens (tertiary/aromatic N) is 5. The van der Waals surface area contributed by atoms with Crippen LogP contribution in [-0.4, -0.2) is 94.7 Å². The van der Waals surface area contributed by atoms with Crippen LogP contribution in [0.5, 0.6) is 0 Å². The minimum absolute atomic E-state index is 0.0960. The number of para-hydroxylation sites is 1. The molecule has 3 amide bonds. The lowest BCUT2D eigenvalue weighted by Gasteiger charge is -2.43. The van der Waals surface area contributed by atoms with Crippen LogP contribution in [0.3, 0.4) is 0 Å². The number of fused-ring (bicyclic) bond motifs is 1. The fraction of sp³-hybridized carbons (Fsp3) is 0.621. The molecule has 4 heterocycles. The van der Waals surface area contributed by atoms with Crippen LogP contribution in [0, 0.1) is 5.41 Å². The third-order valence-corrected chi connectivity index (χ3v) is 9.38. The number of pyridine rings is 1. The van der Waals surface area contributed by atoms with Crippen LogP contribution in [0.4, 0.5) is 23.7 Å². The number of halogens is 3. The number of aliphatic hydroxyl groups is 1. The fourth-order valence-electron chi connectivity index (χ4n) is 7.14. The summed E-state index contributed by atoms with van der Waals surface area (Å²) in [5.74, 6) is 0.154. The highest BCUT2D eigenvalue weighted by Crippen LogP contribution is 2.43. The Morgan fingerprint density at radius 3 is 2.40 bits per heavy atom. The molecule has 1 unspecified atom stereocenters. The van der Waals surface area contributed by atoms with Gasteiger partial charge in [0.25, 0.3) is 0 Å². The number of piperidine rings is 1. The maximum Gasteiger partial charge on any atom is 0.433 e. The Morgan fingerprint density at radius 2 is 1.68 bits per heavy atom. The van der Waals surface area contributed by atoms with Gasteiger partial charge in [-0.05, 0) is 57.1 Å². The topological polar surface area (TPSA) is 80.2 Å². The van der Waals surface area contributed by atoms with E-state index in [1.807, 2.05) is 14.7 Å². The first-order valence-corrected chi connectivity index (χ1v) is 14.4. The summed E-state index contributed by atoms with van der Waals surface area (Å²) in [6.07, 6.45) is 0.598. The Kier molecular flexibility index (Phi) is 7.04. The number of amides is 3. The molecule has 0 bridgehead atoms. The van der Waals surface area contributed by atoms with Crippen LogP contribution in [0.25, 0.3) is 10.9 Å². The highest BCUT2D eigenvalue weighted by Gasteiger charge is 2.51. The van der Waals surface area contributed by atoms with Gasteiger partial charge >= 0.3 is 12.2 Å². The van der Waals surface area contributed by atoms with Gasteiger partial charge in [-0.25, -0.2) is 9.78 Å². The molecule has 1 spiro atoms. The van der Waals surface area contributed by atoms with Gasteiger partial charge in [-0.15, -0.1) is 0 Å². The van der Waals surface area contributed by atoms with E-state index in [2.05, 4.69) is 4.98 Å². The average molecular weight is 560 g/mol. The summed E-state index contributed by atoms with van der Waals surface area (Å²) in [5.41, 5.74) is -0.675. The van der Waals surface area contributed by atoms with Gasteiger partial charge in [0.05, 0.1) is 17.0 Å². The molecule has 4 fully saturated rings. The van der Waals surface area contributed by atoms with Crippen LogP contribution in [0.1, 0.15) is 50.6 Å². The average Bonchev–Trinajstić information content (AvgIpc) is 3.26. The van der Waals surface area contributed by atoms with Crippen molar-refractivity contribution in [1.82, 2.24) is 19.7 Å². The third kappa shape index (κ3) is 4.97. The lowest BCUT2D eigenvalue weighted by Crippen LogP contribution is -2.57. The number of carbonyl (C=O) groups excluding carboxylic acids is 2. The van der Waals surface area contributed by atoms with Crippen molar-refractivity contribution in [2.45, 2.75) is 63.3 Å².